The number of carbonyl (C=O) groups is 1. The lowest BCUT2D eigenvalue weighted by molar-refractivity contribution is -0.116. The average molecular weight is 154 g/mol. The van der Waals surface area contributed by atoms with Crippen LogP contribution in [0.2, 0.25) is 0 Å². The van der Waals surface area contributed by atoms with Crippen LogP contribution in [0, 0.1) is 5.92 Å². The number of ketones is 1. The van der Waals surface area contributed by atoms with E-state index in [-0.39, 0.29) is 5.78 Å². The van der Waals surface area contributed by atoms with E-state index in [2.05, 4.69) is 0 Å². The van der Waals surface area contributed by atoms with Crippen molar-refractivity contribution in [3.05, 3.63) is 11.3 Å². The van der Waals surface area contributed by atoms with E-state index in [1.54, 1.807) is 7.11 Å². The molecule has 2 heteroatoms. The topological polar surface area (TPSA) is 26.3 Å². The van der Waals surface area contributed by atoms with Crippen molar-refractivity contribution in [1.29, 1.82) is 0 Å². The third kappa shape index (κ3) is 1.82. The molecule has 1 rings (SSSR count). The van der Waals surface area contributed by atoms with Crippen LogP contribution in [0.4, 0.5) is 0 Å². The van der Waals surface area contributed by atoms with Crippen LogP contribution in [-0.2, 0) is 9.53 Å². The van der Waals surface area contributed by atoms with Crippen LogP contribution in [0.15, 0.2) is 11.3 Å². The zero-order chi connectivity index (χ0) is 8.43. The van der Waals surface area contributed by atoms with Gasteiger partial charge in [-0.15, -0.1) is 0 Å². The van der Waals surface area contributed by atoms with Crippen molar-refractivity contribution in [2.75, 3.05) is 7.11 Å². The molecule has 1 aliphatic carbocycles. The molecule has 2 nitrogen and oxygen atoms in total. The molecule has 1 saturated carbocycles. The molecule has 0 amide bonds. The van der Waals surface area contributed by atoms with Gasteiger partial charge in [0.2, 0.25) is 0 Å². The second-order valence-electron chi connectivity index (χ2n) is 3.02. The summed E-state index contributed by atoms with van der Waals surface area (Å²) in [6, 6.07) is 0. The van der Waals surface area contributed by atoms with Crippen molar-refractivity contribution >= 4 is 5.78 Å². The summed E-state index contributed by atoms with van der Waals surface area (Å²) in [5, 5.41) is 0. The van der Waals surface area contributed by atoms with Crippen LogP contribution in [-0.4, -0.2) is 12.9 Å². The standard InChI is InChI=1S/C9H14O2/c1-6(7(2)11-3)9(10)8-4-5-8/h8H,4-5H2,1-3H3. The molecule has 0 aromatic rings. The number of ether oxygens (including phenoxy) is 1. The lowest BCUT2D eigenvalue weighted by atomic mass is 10.1. The quantitative estimate of drug-likeness (QED) is 0.458. The highest BCUT2D eigenvalue weighted by molar-refractivity contribution is 5.98. The number of hydrogen-bond acceptors (Lipinski definition) is 2. The fourth-order valence-electron chi connectivity index (χ4n) is 0.978. The first kappa shape index (κ1) is 8.31. The highest BCUT2D eigenvalue weighted by atomic mass is 16.5. The Hall–Kier alpha value is -0.790. The summed E-state index contributed by atoms with van der Waals surface area (Å²) in [4.78, 5) is 11.4. The molecule has 0 heterocycles. The van der Waals surface area contributed by atoms with E-state index in [0.717, 1.165) is 24.2 Å². The molecule has 0 N–H and O–H groups in total. The van der Waals surface area contributed by atoms with Crippen molar-refractivity contribution in [3.63, 3.8) is 0 Å². The number of methoxy groups -OCH3 is 1. The van der Waals surface area contributed by atoms with E-state index in [4.69, 9.17) is 4.74 Å². The van der Waals surface area contributed by atoms with Crippen LogP contribution in [0.1, 0.15) is 26.7 Å². The molecule has 0 saturated heterocycles. The molecule has 62 valence electrons. The highest BCUT2D eigenvalue weighted by Gasteiger charge is 2.31. The first-order chi connectivity index (χ1) is 5.16. The lowest BCUT2D eigenvalue weighted by Crippen LogP contribution is -2.04. The average Bonchev–Trinajstić information content (AvgIpc) is 2.82. The minimum atomic E-state index is 0.268. The number of allylic oxidation sites excluding steroid dienone is 2. The van der Waals surface area contributed by atoms with E-state index >= 15 is 0 Å². The summed E-state index contributed by atoms with van der Waals surface area (Å²) in [7, 11) is 1.60. The van der Waals surface area contributed by atoms with E-state index in [1.165, 1.54) is 0 Å². The number of Topliss-reactive ketones (excluding diaryl/α,β-unsaturated/α-hetero) is 1. The van der Waals surface area contributed by atoms with Gasteiger partial charge < -0.3 is 4.74 Å². The summed E-state index contributed by atoms with van der Waals surface area (Å²) < 4.78 is 4.97. The summed E-state index contributed by atoms with van der Waals surface area (Å²) >= 11 is 0. The molecule has 0 bridgehead atoms. The summed E-state index contributed by atoms with van der Waals surface area (Å²) in [5.41, 5.74) is 0.787. The van der Waals surface area contributed by atoms with Crippen molar-refractivity contribution in [2.45, 2.75) is 26.7 Å². The van der Waals surface area contributed by atoms with Gasteiger partial charge in [-0.05, 0) is 26.7 Å². The van der Waals surface area contributed by atoms with E-state index < -0.39 is 0 Å². The van der Waals surface area contributed by atoms with Gasteiger partial charge in [-0.2, -0.15) is 0 Å². The Balaban J connectivity index is 2.64. The normalized spacial score (nSPS) is 19.2. The van der Waals surface area contributed by atoms with Gasteiger partial charge >= 0.3 is 0 Å². The van der Waals surface area contributed by atoms with Gasteiger partial charge in [-0.25, -0.2) is 0 Å². The molecule has 0 aliphatic heterocycles. The molecule has 0 unspecified atom stereocenters. The molecule has 11 heavy (non-hydrogen) atoms. The molecule has 0 aromatic carbocycles. The van der Waals surface area contributed by atoms with Crippen LogP contribution >= 0.6 is 0 Å². The van der Waals surface area contributed by atoms with Gasteiger partial charge in [0.25, 0.3) is 0 Å². The maximum atomic E-state index is 11.4. The fraction of sp³-hybridized carbons (Fsp3) is 0.667. The zero-order valence-electron chi connectivity index (χ0n) is 7.31. The van der Waals surface area contributed by atoms with Crippen molar-refractivity contribution in [3.8, 4) is 0 Å². The molecule has 1 aliphatic rings. The monoisotopic (exact) mass is 154 g/mol. The number of hydrogen-bond donors (Lipinski definition) is 0. The maximum absolute atomic E-state index is 11.4. The van der Waals surface area contributed by atoms with Crippen molar-refractivity contribution in [1.82, 2.24) is 0 Å². The van der Waals surface area contributed by atoms with Gasteiger partial charge in [0.1, 0.15) is 0 Å². The molecule has 0 radical (unpaired) electrons. The van der Waals surface area contributed by atoms with E-state index in [1.807, 2.05) is 13.8 Å². The van der Waals surface area contributed by atoms with Gasteiger partial charge in [-0.1, -0.05) is 0 Å². The Morgan fingerprint density at radius 3 is 2.27 bits per heavy atom. The van der Waals surface area contributed by atoms with Gasteiger partial charge in [0, 0.05) is 11.5 Å². The fourth-order valence-corrected chi connectivity index (χ4v) is 0.978. The summed E-state index contributed by atoms with van der Waals surface area (Å²) in [5.74, 6) is 1.33. The van der Waals surface area contributed by atoms with Crippen LogP contribution < -0.4 is 0 Å². The molecular weight excluding hydrogens is 140 g/mol. The van der Waals surface area contributed by atoms with Crippen LogP contribution in [0.5, 0.6) is 0 Å². The summed E-state index contributed by atoms with van der Waals surface area (Å²) in [6.45, 7) is 3.66. The largest absolute Gasteiger partial charge is 0.501 e. The van der Waals surface area contributed by atoms with Crippen molar-refractivity contribution in [2.24, 2.45) is 5.92 Å². The Morgan fingerprint density at radius 1 is 1.36 bits per heavy atom. The Labute approximate surface area is 67.2 Å². The molecule has 0 spiro atoms. The second kappa shape index (κ2) is 3.07. The van der Waals surface area contributed by atoms with Gasteiger partial charge in [-0.3, -0.25) is 4.79 Å². The second-order valence-corrected chi connectivity index (χ2v) is 3.02. The number of carbonyl (C=O) groups excluding carboxylic acids is 1. The summed E-state index contributed by atoms with van der Waals surface area (Å²) in [6.07, 6.45) is 2.13. The highest BCUT2D eigenvalue weighted by Crippen LogP contribution is 2.32. The van der Waals surface area contributed by atoms with Gasteiger partial charge in [0.15, 0.2) is 5.78 Å². The minimum absolute atomic E-state index is 0.268. The van der Waals surface area contributed by atoms with Crippen LogP contribution in [0.3, 0.4) is 0 Å². The zero-order valence-corrected chi connectivity index (χ0v) is 7.31. The van der Waals surface area contributed by atoms with Crippen molar-refractivity contribution < 1.29 is 9.53 Å². The predicted octanol–water partition coefficient (Wildman–Crippen LogP) is 1.91. The minimum Gasteiger partial charge on any atom is -0.501 e. The first-order valence-electron chi connectivity index (χ1n) is 3.92. The first-order valence-corrected chi connectivity index (χ1v) is 3.92. The molecule has 0 aromatic heterocycles. The lowest BCUT2D eigenvalue weighted by Gasteiger charge is -2.03. The number of rotatable bonds is 3. The maximum Gasteiger partial charge on any atom is 0.164 e. The van der Waals surface area contributed by atoms with Gasteiger partial charge in [0.05, 0.1) is 12.9 Å². The Kier molecular flexibility index (Phi) is 2.32. The Morgan fingerprint density at radius 2 is 1.91 bits per heavy atom. The van der Waals surface area contributed by atoms with E-state index in [9.17, 15) is 4.79 Å². The molecule has 1 fully saturated rings. The predicted molar refractivity (Wildman–Crippen MR) is 43.1 cm³/mol. The van der Waals surface area contributed by atoms with Crippen LogP contribution in [0.25, 0.3) is 0 Å². The Bertz CT molecular complexity index is 200. The third-order valence-corrected chi connectivity index (χ3v) is 2.15. The third-order valence-electron chi connectivity index (χ3n) is 2.15. The van der Waals surface area contributed by atoms with E-state index in [0.29, 0.717) is 5.92 Å². The molecule has 0 atom stereocenters. The SMILES string of the molecule is COC(C)=C(C)C(=O)C1CC1. The molecular formula is C9H14O2. The smallest absolute Gasteiger partial charge is 0.164 e.